The molecule has 0 radical (unpaired) electrons. The normalized spacial score (nSPS) is 19.2. The molecule has 2 heterocycles. The first-order chi connectivity index (χ1) is 8.00. The van der Waals surface area contributed by atoms with Crippen molar-refractivity contribution in [1.29, 1.82) is 0 Å². The fourth-order valence-electron chi connectivity index (χ4n) is 2.13. The van der Waals surface area contributed by atoms with Crippen LogP contribution in [0.15, 0.2) is 18.5 Å². The van der Waals surface area contributed by atoms with E-state index >= 15 is 0 Å². The SMILES string of the molecule is CC1(C)CN(c2ncccn2)CCN1C(=O)O. The molecule has 0 atom stereocenters. The van der Waals surface area contributed by atoms with E-state index in [1.807, 2.05) is 18.7 Å². The van der Waals surface area contributed by atoms with Crippen LogP contribution >= 0.6 is 0 Å². The molecule has 0 bridgehead atoms. The molecule has 1 aromatic rings. The van der Waals surface area contributed by atoms with E-state index in [0.29, 0.717) is 25.6 Å². The van der Waals surface area contributed by atoms with Gasteiger partial charge >= 0.3 is 6.09 Å². The minimum Gasteiger partial charge on any atom is -0.465 e. The van der Waals surface area contributed by atoms with Gasteiger partial charge in [-0.2, -0.15) is 0 Å². The highest BCUT2D eigenvalue weighted by molar-refractivity contribution is 5.66. The van der Waals surface area contributed by atoms with Gasteiger partial charge in [0, 0.05) is 32.0 Å². The van der Waals surface area contributed by atoms with Crippen molar-refractivity contribution in [3.05, 3.63) is 18.5 Å². The molecule has 17 heavy (non-hydrogen) atoms. The number of carboxylic acid groups (broad SMARTS) is 1. The lowest BCUT2D eigenvalue weighted by Crippen LogP contribution is -2.61. The van der Waals surface area contributed by atoms with Crippen molar-refractivity contribution < 1.29 is 9.90 Å². The highest BCUT2D eigenvalue weighted by Gasteiger charge is 2.37. The van der Waals surface area contributed by atoms with Crippen molar-refractivity contribution in [1.82, 2.24) is 14.9 Å². The third-order valence-corrected chi connectivity index (χ3v) is 2.97. The largest absolute Gasteiger partial charge is 0.465 e. The summed E-state index contributed by atoms with van der Waals surface area (Å²) in [4.78, 5) is 22.9. The molecule has 1 saturated heterocycles. The second-order valence-corrected chi connectivity index (χ2v) is 4.72. The summed E-state index contributed by atoms with van der Waals surface area (Å²) in [6, 6.07) is 1.77. The molecule has 0 spiro atoms. The molecule has 1 aromatic heterocycles. The highest BCUT2D eigenvalue weighted by Crippen LogP contribution is 2.23. The van der Waals surface area contributed by atoms with E-state index < -0.39 is 11.6 Å². The lowest BCUT2D eigenvalue weighted by molar-refractivity contribution is 0.0841. The Labute approximate surface area is 99.9 Å². The minimum atomic E-state index is -0.872. The van der Waals surface area contributed by atoms with Gasteiger partial charge in [0.05, 0.1) is 5.54 Å². The Hall–Kier alpha value is -1.85. The summed E-state index contributed by atoms with van der Waals surface area (Å²) in [5.74, 6) is 0.658. The summed E-state index contributed by atoms with van der Waals surface area (Å²) in [5.41, 5.74) is -0.427. The second-order valence-electron chi connectivity index (χ2n) is 4.72. The first-order valence-corrected chi connectivity index (χ1v) is 5.53. The van der Waals surface area contributed by atoms with Crippen molar-refractivity contribution >= 4 is 12.0 Å². The summed E-state index contributed by atoms with van der Waals surface area (Å²) >= 11 is 0. The smallest absolute Gasteiger partial charge is 0.407 e. The van der Waals surface area contributed by atoms with Crippen LogP contribution in [0.3, 0.4) is 0 Å². The lowest BCUT2D eigenvalue weighted by Gasteiger charge is -2.45. The quantitative estimate of drug-likeness (QED) is 0.789. The highest BCUT2D eigenvalue weighted by atomic mass is 16.4. The summed E-state index contributed by atoms with van der Waals surface area (Å²) in [5, 5.41) is 9.11. The standard InChI is InChI=1S/C11H16N4O2/c1-11(2)8-14(6-7-15(11)10(16)17)9-12-4-3-5-13-9/h3-5H,6-8H2,1-2H3,(H,16,17). The van der Waals surface area contributed by atoms with E-state index in [2.05, 4.69) is 9.97 Å². The molecule has 1 aliphatic rings. The Bertz CT molecular complexity index is 407. The Morgan fingerprint density at radius 2 is 2.00 bits per heavy atom. The summed E-state index contributed by atoms with van der Waals surface area (Å²) < 4.78 is 0. The minimum absolute atomic E-state index is 0.427. The first-order valence-electron chi connectivity index (χ1n) is 5.53. The van der Waals surface area contributed by atoms with Crippen LogP contribution in [0, 0.1) is 0 Å². The van der Waals surface area contributed by atoms with Crippen LogP contribution in [0.5, 0.6) is 0 Å². The van der Waals surface area contributed by atoms with Crippen LogP contribution in [0.4, 0.5) is 10.7 Å². The number of anilines is 1. The Balaban J connectivity index is 2.15. The van der Waals surface area contributed by atoms with E-state index in [9.17, 15) is 4.79 Å². The van der Waals surface area contributed by atoms with Gasteiger partial charge in [0.2, 0.25) is 5.95 Å². The van der Waals surface area contributed by atoms with Crippen molar-refractivity contribution in [2.75, 3.05) is 24.5 Å². The maximum atomic E-state index is 11.1. The van der Waals surface area contributed by atoms with Gasteiger partial charge in [0.1, 0.15) is 0 Å². The zero-order valence-electron chi connectivity index (χ0n) is 10.00. The predicted molar refractivity (Wildman–Crippen MR) is 63.1 cm³/mol. The fraction of sp³-hybridized carbons (Fsp3) is 0.545. The third-order valence-electron chi connectivity index (χ3n) is 2.97. The molecule has 0 aromatic carbocycles. The number of nitrogens with zero attached hydrogens (tertiary/aromatic N) is 4. The molecule has 1 N–H and O–H groups in total. The molecule has 1 aliphatic heterocycles. The number of hydrogen-bond donors (Lipinski definition) is 1. The van der Waals surface area contributed by atoms with Gasteiger partial charge in [0.25, 0.3) is 0 Å². The average Bonchev–Trinajstić information content (AvgIpc) is 2.28. The summed E-state index contributed by atoms with van der Waals surface area (Å²) in [6.07, 6.45) is 2.52. The molecule has 1 fully saturated rings. The number of amides is 1. The Kier molecular flexibility index (Phi) is 2.87. The van der Waals surface area contributed by atoms with Crippen LogP contribution in [0.2, 0.25) is 0 Å². The molecule has 6 heteroatoms. The Morgan fingerprint density at radius 3 is 2.53 bits per heavy atom. The molecule has 0 saturated carbocycles. The van der Waals surface area contributed by atoms with Gasteiger partial charge in [-0.1, -0.05) is 0 Å². The molecule has 0 unspecified atom stereocenters. The third kappa shape index (κ3) is 2.30. The van der Waals surface area contributed by atoms with Crippen LogP contribution in [0.25, 0.3) is 0 Å². The monoisotopic (exact) mass is 236 g/mol. The van der Waals surface area contributed by atoms with Gasteiger partial charge in [-0.25, -0.2) is 14.8 Å². The number of carbonyl (C=O) groups is 1. The van der Waals surface area contributed by atoms with E-state index in [1.165, 1.54) is 4.90 Å². The van der Waals surface area contributed by atoms with Gasteiger partial charge < -0.3 is 10.0 Å². The van der Waals surface area contributed by atoms with E-state index in [-0.39, 0.29) is 0 Å². The molecule has 2 rings (SSSR count). The van der Waals surface area contributed by atoms with Crippen LogP contribution in [-0.2, 0) is 0 Å². The topological polar surface area (TPSA) is 69.6 Å². The number of rotatable bonds is 1. The fourth-order valence-corrected chi connectivity index (χ4v) is 2.13. The first kappa shape index (κ1) is 11.6. The van der Waals surface area contributed by atoms with Gasteiger partial charge in [-0.15, -0.1) is 0 Å². The number of piperazine rings is 1. The molecule has 0 aliphatic carbocycles. The van der Waals surface area contributed by atoms with Crippen LogP contribution < -0.4 is 4.90 Å². The molecule has 92 valence electrons. The predicted octanol–water partition coefficient (Wildman–Crippen LogP) is 1.06. The van der Waals surface area contributed by atoms with Crippen LogP contribution in [0.1, 0.15) is 13.8 Å². The van der Waals surface area contributed by atoms with Crippen molar-refractivity contribution in [3.8, 4) is 0 Å². The molecule has 1 amide bonds. The van der Waals surface area contributed by atoms with Crippen molar-refractivity contribution in [2.45, 2.75) is 19.4 Å². The van der Waals surface area contributed by atoms with Gasteiger partial charge in [0.15, 0.2) is 0 Å². The van der Waals surface area contributed by atoms with E-state index in [0.717, 1.165) is 0 Å². The lowest BCUT2D eigenvalue weighted by atomic mass is 10.00. The van der Waals surface area contributed by atoms with Crippen molar-refractivity contribution in [3.63, 3.8) is 0 Å². The zero-order chi connectivity index (χ0) is 12.5. The summed E-state index contributed by atoms with van der Waals surface area (Å²) in [6.45, 7) is 5.52. The number of hydrogen-bond acceptors (Lipinski definition) is 4. The zero-order valence-corrected chi connectivity index (χ0v) is 10.00. The average molecular weight is 236 g/mol. The second kappa shape index (κ2) is 4.20. The van der Waals surface area contributed by atoms with E-state index in [1.54, 1.807) is 18.5 Å². The maximum Gasteiger partial charge on any atom is 0.407 e. The molecule has 6 nitrogen and oxygen atoms in total. The maximum absolute atomic E-state index is 11.1. The summed E-state index contributed by atoms with van der Waals surface area (Å²) in [7, 11) is 0. The van der Waals surface area contributed by atoms with Gasteiger partial charge in [-0.3, -0.25) is 4.90 Å². The number of aromatic nitrogens is 2. The van der Waals surface area contributed by atoms with Gasteiger partial charge in [-0.05, 0) is 19.9 Å². The van der Waals surface area contributed by atoms with Crippen LogP contribution in [-0.4, -0.2) is 51.2 Å². The molecular formula is C11H16N4O2. The Morgan fingerprint density at radius 1 is 1.35 bits per heavy atom. The van der Waals surface area contributed by atoms with Crippen molar-refractivity contribution in [2.24, 2.45) is 0 Å². The molecular weight excluding hydrogens is 220 g/mol. The van der Waals surface area contributed by atoms with E-state index in [4.69, 9.17) is 5.11 Å².